The third kappa shape index (κ3) is 2.76. The average Bonchev–Trinajstić information content (AvgIpc) is 3.48. The van der Waals surface area contributed by atoms with Gasteiger partial charge in [0, 0.05) is 33.5 Å². The van der Waals surface area contributed by atoms with Crippen LogP contribution in [0.3, 0.4) is 0 Å². The first-order chi connectivity index (χ1) is 14.6. The second-order valence-electron chi connectivity index (χ2n) is 8.11. The average molecular weight is 438 g/mol. The predicted octanol–water partition coefficient (Wildman–Crippen LogP) is 3.94. The van der Waals surface area contributed by atoms with Gasteiger partial charge < -0.3 is 4.90 Å². The van der Waals surface area contributed by atoms with Crippen molar-refractivity contribution in [3.05, 3.63) is 62.5 Å². The van der Waals surface area contributed by atoms with Crippen LogP contribution in [-0.2, 0) is 24.3 Å². The number of carbonyl (C=O) groups excluding carboxylic acids is 1. The van der Waals surface area contributed by atoms with E-state index in [0.717, 1.165) is 59.3 Å². The molecule has 0 unspecified atom stereocenters. The maximum Gasteiger partial charge on any atom is 0.226 e. The number of fused-ring (bicyclic) bond motifs is 5. The van der Waals surface area contributed by atoms with E-state index in [4.69, 9.17) is 16.6 Å². The van der Waals surface area contributed by atoms with Crippen LogP contribution < -0.4 is 0 Å². The summed E-state index contributed by atoms with van der Waals surface area (Å²) in [6.45, 7) is 3.87. The largest absolute Gasteiger partial charge is 0.337 e. The molecule has 8 heteroatoms. The molecule has 4 heterocycles. The molecule has 1 fully saturated rings. The van der Waals surface area contributed by atoms with Gasteiger partial charge in [0.2, 0.25) is 5.91 Å². The van der Waals surface area contributed by atoms with Crippen molar-refractivity contribution in [2.24, 2.45) is 10.9 Å². The molecule has 0 spiro atoms. The second-order valence-corrected chi connectivity index (χ2v) is 9.60. The first-order valence-corrected chi connectivity index (χ1v) is 11.5. The van der Waals surface area contributed by atoms with E-state index in [1.54, 1.807) is 11.3 Å². The standard InChI is InChI=1S/C22H20ClN5OS/c1-12-25-26-18-10-24-20(14-4-2-3-5-16(14)23)19-15-8-9-27(21(29)13-6-7-13)11-17(15)30-22(19)28(12)18/h2-5,13H,6-11H2,1H3. The van der Waals surface area contributed by atoms with Gasteiger partial charge in [-0.05, 0) is 37.8 Å². The predicted molar refractivity (Wildman–Crippen MR) is 117 cm³/mol. The Hall–Kier alpha value is -2.51. The summed E-state index contributed by atoms with van der Waals surface area (Å²) < 4.78 is 2.12. The molecule has 152 valence electrons. The van der Waals surface area contributed by atoms with E-state index < -0.39 is 0 Å². The molecule has 0 atom stereocenters. The molecular formula is C22H20ClN5OS. The number of hydrogen-bond donors (Lipinski definition) is 0. The van der Waals surface area contributed by atoms with Gasteiger partial charge in [-0.15, -0.1) is 21.5 Å². The molecule has 1 saturated carbocycles. The number of aromatic nitrogens is 3. The molecule has 6 nitrogen and oxygen atoms in total. The van der Waals surface area contributed by atoms with E-state index in [1.165, 1.54) is 10.4 Å². The number of aryl methyl sites for hydroxylation is 1. The summed E-state index contributed by atoms with van der Waals surface area (Å²) in [7, 11) is 0. The molecule has 2 aliphatic heterocycles. The molecule has 0 saturated heterocycles. The molecule has 0 N–H and O–H groups in total. The zero-order chi connectivity index (χ0) is 20.4. The quantitative estimate of drug-likeness (QED) is 0.610. The van der Waals surface area contributed by atoms with Crippen molar-refractivity contribution in [1.29, 1.82) is 0 Å². The topological polar surface area (TPSA) is 63.4 Å². The Labute approximate surface area is 183 Å². The maximum atomic E-state index is 12.7. The molecule has 1 aliphatic carbocycles. The van der Waals surface area contributed by atoms with Crippen LogP contribution in [0.2, 0.25) is 5.02 Å². The number of benzene rings is 1. The first-order valence-electron chi connectivity index (χ1n) is 10.3. The highest BCUT2D eigenvalue weighted by molar-refractivity contribution is 7.15. The van der Waals surface area contributed by atoms with Crippen LogP contribution in [-0.4, -0.2) is 37.8 Å². The lowest BCUT2D eigenvalue weighted by atomic mass is 9.95. The minimum absolute atomic E-state index is 0.247. The molecule has 2 aromatic heterocycles. The monoisotopic (exact) mass is 437 g/mol. The zero-order valence-electron chi connectivity index (χ0n) is 16.6. The molecule has 0 bridgehead atoms. The van der Waals surface area contributed by atoms with Crippen LogP contribution in [0.1, 0.15) is 46.1 Å². The second kappa shape index (κ2) is 6.75. The number of hydrogen-bond acceptors (Lipinski definition) is 5. The van der Waals surface area contributed by atoms with Gasteiger partial charge in [0.05, 0.1) is 12.3 Å². The van der Waals surface area contributed by atoms with Crippen molar-refractivity contribution >= 4 is 34.6 Å². The van der Waals surface area contributed by atoms with Crippen molar-refractivity contribution in [3.8, 4) is 5.00 Å². The van der Waals surface area contributed by atoms with E-state index in [9.17, 15) is 4.79 Å². The van der Waals surface area contributed by atoms with E-state index in [0.29, 0.717) is 24.0 Å². The number of amides is 1. The highest BCUT2D eigenvalue weighted by Crippen LogP contribution is 2.41. The summed E-state index contributed by atoms with van der Waals surface area (Å²) in [5.74, 6) is 2.24. The Morgan fingerprint density at radius 3 is 2.87 bits per heavy atom. The Morgan fingerprint density at radius 2 is 2.07 bits per heavy atom. The number of carbonyl (C=O) groups is 1. The minimum Gasteiger partial charge on any atom is -0.337 e. The van der Waals surface area contributed by atoms with Gasteiger partial charge in [0.15, 0.2) is 5.82 Å². The van der Waals surface area contributed by atoms with Crippen molar-refractivity contribution in [2.45, 2.75) is 39.3 Å². The molecule has 6 rings (SSSR count). The molecule has 30 heavy (non-hydrogen) atoms. The third-order valence-corrected chi connectivity index (χ3v) is 7.65. The minimum atomic E-state index is 0.247. The van der Waals surface area contributed by atoms with E-state index in [2.05, 4.69) is 14.8 Å². The molecular weight excluding hydrogens is 418 g/mol. The molecule has 3 aromatic rings. The fourth-order valence-electron chi connectivity index (χ4n) is 4.44. The first kappa shape index (κ1) is 18.3. The van der Waals surface area contributed by atoms with Crippen molar-refractivity contribution in [1.82, 2.24) is 19.7 Å². The summed E-state index contributed by atoms with van der Waals surface area (Å²) >= 11 is 8.32. The number of nitrogens with zero attached hydrogens (tertiary/aromatic N) is 5. The lowest BCUT2D eigenvalue weighted by molar-refractivity contribution is -0.133. The Kier molecular flexibility index (Phi) is 4.11. The van der Waals surface area contributed by atoms with Crippen molar-refractivity contribution < 1.29 is 4.79 Å². The van der Waals surface area contributed by atoms with Gasteiger partial charge in [0.25, 0.3) is 0 Å². The van der Waals surface area contributed by atoms with E-state index in [1.807, 2.05) is 36.1 Å². The lowest BCUT2D eigenvalue weighted by Gasteiger charge is -2.27. The normalized spacial score (nSPS) is 17.7. The SMILES string of the molecule is Cc1nnc2n1-c1sc3c(c1C(c1ccccc1Cl)=NC2)CCN(C(=O)C1CC1)C3. The van der Waals surface area contributed by atoms with Crippen LogP contribution in [0.25, 0.3) is 5.00 Å². The van der Waals surface area contributed by atoms with Crippen molar-refractivity contribution in [2.75, 3.05) is 6.54 Å². The Bertz CT molecular complexity index is 1220. The summed E-state index contributed by atoms with van der Waals surface area (Å²) in [6, 6.07) is 7.87. The van der Waals surface area contributed by atoms with Crippen LogP contribution >= 0.6 is 22.9 Å². The summed E-state index contributed by atoms with van der Waals surface area (Å²) in [4.78, 5) is 20.9. The van der Waals surface area contributed by atoms with Gasteiger partial charge in [-0.2, -0.15) is 0 Å². The van der Waals surface area contributed by atoms with Crippen molar-refractivity contribution in [3.63, 3.8) is 0 Å². The Morgan fingerprint density at radius 1 is 1.23 bits per heavy atom. The number of thiophene rings is 1. The summed E-state index contributed by atoms with van der Waals surface area (Å²) in [5, 5.41) is 10.4. The number of rotatable bonds is 2. The van der Waals surface area contributed by atoms with Crippen LogP contribution in [0.4, 0.5) is 0 Å². The van der Waals surface area contributed by atoms with Gasteiger partial charge >= 0.3 is 0 Å². The fraction of sp³-hybridized carbons (Fsp3) is 0.364. The van der Waals surface area contributed by atoms with E-state index in [-0.39, 0.29) is 5.92 Å². The molecule has 1 aromatic carbocycles. The summed E-state index contributed by atoms with van der Waals surface area (Å²) in [5.41, 5.74) is 4.27. The number of halogens is 1. The lowest BCUT2D eigenvalue weighted by Crippen LogP contribution is -2.36. The summed E-state index contributed by atoms with van der Waals surface area (Å²) in [6.07, 6.45) is 2.91. The third-order valence-electron chi connectivity index (χ3n) is 6.12. The molecule has 3 aliphatic rings. The highest BCUT2D eigenvalue weighted by atomic mass is 35.5. The van der Waals surface area contributed by atoms with Crippen LogP contribution in [0.15, 0.2) is 29.3 Å². The zero-order valence-corrected chi connectivity index (χ0v) is 18.1. The van der Waals surface area contributed by atoms with E-state index >= 15 is 0 Å². The van der Waals surface area contributed by atoms with Gasteiger partial charge in [0.1, 0.15) is 17.4 Å². The van der Waals surface area contributed by atoms with Gasteiger partial charge in [-0.3, -0.25) is 14.4 Å². The Balaban J connectivity index is 1.53. The fourth-order valence-corrected chi connectivity index (χ4v) is 6.10. The molecule has 1 amide bonds. The van der Waals surface area contributed by atoms with Gasteiger partial charge in [-0.1, -0.05) is 29.8 Å². The maximum absolute atomic E-state index is 12.7. The highest BCUT2D eigenvalue weighted by Gasteiger charge is 2.37. The van der Waals surface area contributed by atoms with Crippen LogP contribution in [0, 0.1) is 12.8 Å². The smallest absolute Gasteiger partial charge is 0.226 e. The van der Waals surface area contributed by atoms with Crippen LogP contribution in [0.5, 0.6) is 0 Å². The molecule has 0 radical (unpaired) electrons. The van der Waals surface area contributed by atoms with Gasteiger partial charge in [-0.25, -0.2) is 0 Å². The number of aliphatic imine (C=N–C) groups is 1.